The van der Waals surface area contributed by atoms with E-state index in [2.05, 4.69) is 22.8 Å². The van der Waals surface area contributed by atoms with Crippen LogP contribution in [-0.4, -0.2) is 17.9 Å². The van der Waals surface area contributed by atoms with E-state index in [4.69, 9.17) is 0 Å². The fourth-order valence-corrected chi connectivity index (χ4v) is 2.69. The lowest BCUT2D eigenvalue weighted by atomic mass is 9.95. The van der Waals surface area contributed by atoms with Crippen LogP contribution in [0.1, 0.15) is 34.8 Å². The summed E-state index contributed by atoms with van der Waals surface area (Å²) in [6, 6.07) is 14.2. The fourth-order valence-electron chi connectivity index (χ4n) is 2.69. The number of para-hydroxylation sites is 1. The number of benzene rings is 2. The summed E-state index contributed by atoms with van der Waals surface area (Å²) in [5, 5.41) is 5.54. The summed E-state index contributed by atoms with van der Waals surface area (Å²) >= 11 is 0. The first-order chi connectivity index (χ1) is 11.6. The van der Waals surface area contributed by atoms with Crippen molar-refractivity contribution >= 4 is 23.6 Å². The molecule has 2 N–H and O–H groups in total. The van der Waals surface area contributed by atoms with Gasteiger partial charge in [-0.1, -0.05) is 36.4 Å². The van der Waals surface area contributed by atoms with Crippen LogP contribution in [0.5, 0.6) is 0 Å². The Balaban J connectivity index is 1.63. The Bertz CT molecular complexity index is 781. The number of aryl methyl sites for hydroxylation is 1. The van der Waals surface area contributed by atoms with E-state index in [1.54, 1.807) is 13.0 Å². The SMILES string of the molecule is C[C@@H](NC(=O)c1ccc2c(c1)CCC=C2)C(=O)Nc1ccccc1. The Morgan fingerprint density at radius 2 is 1.88 bits per heavy atom. The Morgan fingerprint density at radius 1 is 1.08 bits per heavy atom. The number of fused-ring (bicyclic) bond motifs is 1. The molecule has 0 aliphatic heterocycles. The van der Waals surface area contributed by atoms with Crippen molar-refractivity contribution in [3.05, 3.63) is 71.3 Å². The number of rotatable bonds is 4. The van der Waals surface area contributed by atoms with Gasteiger partial charge < -0.3 is 10.6 Å². The zero-order valence-corrected chi connectivity index (χ0v) is 13.6. The molecule has 0 saturated heterocycles. The molecule has 0 spiro atoms. The van der Waals surface area contributed by atoms with Crippen molar-refractivity contribution in [1.82, 2.24) is 5.32 Å². The molecule has 122 valence electrons. The molecular formula is C20H20N2O2. The first kappa shape index (κ1) is 16.0. The molecule has 2 aromatic rings. The number of carbonyl (C=O) groups is 2. The number of hydrogen-bond donors (Lipinski definition) is 2. The predicted molar refractivity (Wildman–Crippen MR) is 95.8 cm³/mol. The van der Waals surface area contributed by atoms with E-state index in [0.29, 0.717) is 11.3 Å². The minimum absolute atomic E-state index is 0.233. The highest BCUT2D eigenvalue weighted by molar-refractivity contribution is 6.01. The van der Waals surface area contributed by atoms with Gasteiger partial charge in [0.2, 0.25) is 5.91 Å². The molecule has 0 bridgehead atoms. The molecule has 1 aliphatic carbocycles. The lowest BCUT2D eigenvalue weighted by molar-refractivity contribution is -0.117. The molecule has 2 amide bonds. The molecule has 0 heterocycles. The Hall–Kier alpha value is -2.88. The van der Waals surface area contributed by atoms with Crippen LogP contribution in [-0.2, 0) is 11.2 Å². The van der Waals surface area contributed by atoms with Crippen molar-refractivity contribution in [2.75, 3.05) is 5.32 Å². The molecule has 1 aliphatic rings. The van der Waals surface area contributed by atoms with Gasteiger partial charge >= 0.3 is 0 Å². The molecule has 4 nitrogen and oxygen atoms in total. The Labute approximate surface area is 141 Å². The van der Waals surface area contributed by atoms with Gasteiger partial charge in [0.05, 0.1) is 0 Å². The average Bonchev–Trinajstić information content (AvgIpc) is 2.62. The van der Waals surface area contributed by atoms with Gasteiger partial charge in [-0.05, 0) is 55.2 Å². The van der Waals surface area contributed by atoms with Crippen LogP contribution in [0.25, 0.3) is 6.08 Å². The molecule has 4 heteroatoms. The van der Waals surface area contributed by atoms with E-state index in [1.807, 2.05) is 42.5 Å². The molecule has 24 heavy (non-hydrogen) atoms. The van der Waals surface area contributed by atoms with E-state index in [1.165, 1.54) is 5.56 Å². The van der Waals surface area contributed by atoms with Gasteiger partial charge in [0, 0.05) is 11.3 Å². The molecule has 0 aromatic heterocycles. The highest BCUT2D eigenvalue weighted by atomic mass is 16.2. The third-order valence-electron chi connectivity index (χ3n) is 4.07. The van der Waals surface area contributed by atoms with Gasteiger partial charge in [-0.2, -0.15) is 0 Å². The minimum atomic E-state index is -0.617. The normalized spacial score (nSPS) is 13.7. The second-order valence-electron chi connectivity index (χ2n) is 5.91. The smallest absolute Gasteiger partial charge is 0.251 e. The minimum Gasteiger partial charge on any atom is -0.341 e. The second-order valence-corrected chi connectivity index (χ2v) is 5.91. The van der Waals surface area contributed by atoms with E-state index in [9.17, 15) is 9.59 Å². The van der Waals surface area contributed by atoms with Crippen molar-refractivity contribution in [3.63, 3.8) is 0 Å². The quantitative estimate of drug-likeness (QED) is 0.907. The molecule has 0 radical (unpaired) electrons. The first-order valence-electron chi connectivity index (χ1n) is 8.10. The number of amides is 2. The van der Waals surface area contributed by atoms with Crippen LogP contribution in [0.15, 0.2) is 54.6 Å². The third-order valence-corrected chi connectivity index (χ3v) is 4.07. The maximum Gasteiger partial charge on any atom is 0.251 e. The lowest BCUT2D eigenvalue weighted by Crippen LogP contribution is -2.41. The zero-order valence-electron chi connectivity index (χ0n) is 13.6. The molecular weight excluding hydrogens is 300 g/mol. The summed E-state index contributed by atoms with van der Waals surface area (Å²) in [4.78, 5) is 24.6. The van der Waals surface area contributed by atoms with Crippen LogP contribution < -0.4 is 10.6 Å². The second kappa shape index (κ2) is 7.13. The summed E-state index contributed by atoms with van der Waals surface area (Å²) in [6.45, 7) is 1.68. The average molecular weight is 320 g/mol. The Morgan fingerprint density at radius 3 is 2.67 bits per heavy atom. The summed E-state index contributed by atoms with van der Waals surface area (Å²) in [6.07, 6.45) is 6.15. The van der Waals surface area contributed by atoms with Gasteiger partial charge in [-0.3, -0.25) is 9.59 Å². The highest BCUT2D eigenvalue weighted by Gasteiger charge is 2.17. The van der Waals surface area contributed by atoms with E-state index in [-0.39, 0.29) is 11.8 Å². The largest absolute Gasteiger partial charge is 0.341 e. The summed E-state index contributed by atoms with van der Waals surface area (Å²) in [5.74, 6) is -0.474. The van der Waals surface area contributed by atoms with Crippen molar-refractivity contribution in [3.8, 4) is 0 Å². The zero-order chi connectivity index (χ0) is 16.9. The summed E-state index contributed by atoms with van der Waals surface area (Å²) < 4.78 is 0. The van der Waals surface area contributed by atoms with Crippen molar-refractivity contribution in [2.45, 2.75) is 25.8 Å². The maximum absolute atomic E-state index is 12.4. The fraction of sp³-hybridized carbons (Fsp3) is 0.200. The van der Waals surface area contributed by atoms with Crippen LogP contribution in [0.4, 0.5) is 5.69 Å². The number of nitrogens with one attached hydrogen (secondary N) is 2. The standard InChI is InChI=1S/C20H20N2O2/c1-14(19(23)22-18-9-3-2-4-10-18)21-20(24)17-12-11-15-7-5-6-8-16(15)13-17/h2-5,7,9-14H,6,8H2,1H3,(H,21,24)(H,22,23)/t14-/m1/s1. The topological polar surface area (TPSA) is 58.2 Å². The van der Waals surface area contributed by atoms with Gasteiger partial charge in [0.25, 0.3) is 5.91 Å². The van der Waals surface area contributed by atoms with E-state index >= 15 is 0 Å². The van der Waals surface area contributed by atoms with Crippen molar-refractivity contribution in [2.24, 2.45) is 0 Å². The van der Waals surface area contributed by atoms with Crippen molar-refractivity contribution < 1.29 is 9.59 Å². The monoisotopic (exact) mass is 320 g/mol. The summed E-state index contributed by atoms with van der Waals surface area (Å²) in [5.41, 5.74) is 3.63. The van der Waals surface area contributed by atoms with E-state index < -0.39 is 6.04 Å². The van der Waals surface area contributed by atoms with Gasteiger partial charge in [-0.15, -0.1) is 0 Å². The Kier molecular flexibility index (Phi) is 4.75. The molecule has 1 atom stereocenters. The molecule has 0 fully saturated rings. The number of allylic oxidation sites excluding steroid dienone is 1. The number of anilines is 1. The van der Waals surface area contributed by atoms with Crippen LogP contribution >= 0.6 is 0 Å². The highest BCUT2D eigenvalue weighted by Crippen LogP contribution is 2.20. The molecule has 3 rings (SSSR count). The molecule has 0 saturated carbocycles. The van der Waals surface area contributed by atoms with E-state index in [0.717, 1.165) is 18.4 Å². The third kappa shape index (κ3) is 3.71. The first-order valence-corrected chi connectivity index (χ1v) is 8.10. The van der Waals surface area contributed by atoms with Gasteiger partial charge in [-0.25, -0.2) is 0 Å². The summed E-state index contributed by atoms with van der Waals surface area (Å²) in [7, 11) is 0. The molecule has 2 aromatic carbocycles. The predicted octanol–water partition coefficient (Wildman–Crippen LogP) is 3.40. The van der Waals surface area contributed by atoms with Crippen LogP contribution in [0.3, 0.4) is 0 Å². The van der Waals surface area contributed by atoms with Crippen LogP contribution in [0.2, 0.25) is 0 Å². The van der Waals surface area contributed by atoms with Gasteiger partial charge in [0.15, 0.2) is 0 Å². The number of carbonyl (C=O) groups excluding carboxylic acids is 2. The van der Waals surface area contributed by atoms with Gasteiger partial charge in [0.1, 0.15) is 6.04 Å². The molecule has 0 unspecified atom stereocenters. The lowest BCUT2D eigenvalue weighted by Gasteiger charge is -2.16. The van der Waals surface area contributed by atoms with Crippen molar-refractivity contribution in [1.29, 1.82) is 0 Å². The number of hydrogen-bond acceptors (Lipinski definition) is 2. The van der Waals surface area contributed by atoms with Crippen LogP contribution in [0, 0.1) is 0 Å². The maximum atomic E-state index is 12.4.